The molecular weight excluding hydrogens is 371 g/mol. The van der Waals surface area contributed by atoms with Gasteiger partial charge in [0.25, 0.3) is 11.8 Å². The van der Waals surface area contributed by atoms with E-state index < -0.39 is 23.7 Å². The van der Waals surface area contributed by atoms with E-state index in [2.05, 4.69) is 20.8 Å². The van der Waals surface area contributed by atoms with Crippen molar-refractivity contribution < 1.29 is 18.7 Å². The van der Waals surface area contributed by atoms with E-state index in [0.717, 1.165) is 0 Å². The molecule has 0 saturated heterocycles. The Morgan fingerprint density at radius 2 is 1.96 bits per heavy atom. The SMILES string of the molecule is CSc1ncc(Cl)c(C(=O)NNC(=O)C(C)Oc2ccc(F)cc2)n1. The first-order valence-electron chi connectivity index (χ1n) is 6.99. The van der Waals surface area contributed by atoms with Gasteiger partial charge in [-0.1, -0.05) is 23.4 Å². The Morgan fingerprint density at radius 3 is 2.60 bits per heavy atom. The fourth-order valence-corrected chi connectivity index (χ4v) is 2.18. The Balaban J connectivity index is 1.92. The van der Waals surface area contributed by atoms with Gasteiger partial charge in [0.1, 0.15) is 11.6 Å². The van der Waals surface area contributed by atoms with Gasteiger partial charge in [-0.3, -0.25) is 20.4 Å². The lowest BCUT2D eigenvalue weighted by atomic mass is 10.3. The highest BCUT2D eigenvalue weighted by molar-refractivity contribution is 7.98. The molecule has 1 heterocycles. The summed E-state index contributed by atoms with van der Waals surface area (Å²) in [6.45, 7) is 1.48. The number of nitrogens with one attached hydrogen (secondary N) is 2. The van der Waals surface area contributed by atoms with Crippen LogP contribution in [-0.2, 0) is 4.79 Å². The molecule has 2 aromatic rings. The molecular formula is C15H14ClFN4O3S. The normalized spacial score (nSPS) is 11.5. The summed E-state index contributed by atoms with van der Waals surface area (Å²) in [4.78, 5) is 31.9. The van der Waals surface area contributed by atoms with E-state index >= 15 is 0 Å². The summed E-state index contributed by atoms with van der Waals surface area (Å²) >= 11 is 7.13. The predicted octanol–water partition coefficient (Wildman–Crippen LogP) is 2.22. The van der Waals surface area contributed by atoms with E-state index in [1.807, 2.05) is 0 Å². The minimum atomic E-state index is -0.923. The van der Waals surface area contributed by atoms with Gasteiger partial charge in [0, 0.05) is 0 Å². The molecule has 1 atom stereocenters. The van der Waals surface area contributed by atoms with Crippen LogP contribution in [0.3, 0.4) is 0 Å². The zero-order chi connectivity index (χ0) is 18.4. The maximum atomic E-state index is 12.8. The minimum Gasteiger partial charge on any atom is -0.481 e. The number of amides is 2. The molecule has 0 aliphatic rings. The molecule has 1 aromatic heterocycles. The molecule has 0 bridgehead atoms. The molecule has 1 aromatic carbocycles. The first-order chi connectivity index (χ1) is 11.9. The molecule has 7 nitrogen and oxygen atoms in total. The van der Waals surface area contributed by atoms with Gasteiger partial charge in [-0.2, -0.15) is 0 Å². The first-order valence-corrected chi connectivity index (χ1v) is 8.60. The summed E-state index contributed by atoms with van der Waals surface area (Å²) < 4.78 is 18.2. The van der Waals surface area contributed by atoms with Crippen molar-refractivity contribution in [2.75, 3.05) is 6.26 Å². The number of hydrogen-bond acceptors (Lipinski definition) is 6. The van der Waals surface area contributed by atoms with E-state index in [-0.39, 0.29) is 10.7 Å². The van der Waals surface area contributed by atoms with E-state index in [0.29, 0.717) is 10.9 Å². The average molecular weight is 385 g/mol. The van der Waals surface area contributed by atoms with Crippen molar-refractivity contribution in [2.24, 2.45) is 0 Å². The molecule has 10 heteroatoms. The Labute approximate surface area is 152 Å². The maximum Gasteiger partial charge on any atom is 0.289 e. The highest BCUT2D eigenvalue weighted by atomic mass is 35.5. The number of thioether (sulfide) groups is 1. The summed E-state index contributed by atoms with van der Waals surface area (Å²) in [6, 6.07) is 5.20. The summed E-state index contributed by atoms with van der Waals surface area (Å²) in [5, 5.41) is 0.425. The third-order valence-electron chi connectivity index (χ3n) is 2.91. The van der Waals surface area contributed by atoms with E-state index in [1.165, 1.54) is 49.1 Å². The highest BCUT2D eigenvalue weighted by Crippen LogP contribution is 2.16. The zero-order valence-corrected chi connectivity index (χ0v) is 14.8. The predicted molar refractivity (Wildman–Crippen MR) is 90.9 cm³/mol. The van der Waals surface area contributed by atoms with Gasteiger partial charge in [-0.25, -0.2) is 14.4 Å². The second kappa shape index (κ2) is 8.63. The number of rotatable bonds is 5. The van der Waals surface area contributed by atoms with Crippen LogP contribution in [0.25, 0.3) is 0 Å². The number of carbonyl (C=O) groups is 2. The van der Waals surface area contributed by atoms with Crippen molar-refractivity contribution in [1.82, 2.24) is 20.8 Å². The average Bonchev–Trinajstić information content (AvgIpc) is 2.61. The minimum absolute atomic E-state index is 0.0557. The van der Waals surface area contributed by atoms with Crippen LogP contribution in [0.4, 0.5) is 4.39 Å². The Bertz CT molecular complexity index is 776. The van der Waals surface area contributed by atoms with Crippen LogP contribution >= 0.6 is 23.4 Å². The van der Waals surface area contributed by atoms with Gasteiger partial charge in [0.05, 0.1) is 11.2 Å². The summed E-state index contributed by atoms with van der Waals surface area (Å²) in [7, 11) is 0. The number of ether oxygens (including phenoxy) is 1. The molecule has 0 fully saturated rings. The van der Waals surface area contributed by atoms with Gasteiger partial charge < -0.3 is 4.74 Å². The van der Waals surface area contributed by atoms with E-state index in [1.54, 1.807) is 6.26 Å². The van der Waals surface area contributed by atoms with Crippen molar-refractivity contribution in [2.45, 2.75) is 18.2 Å². The number of aromatic nitrogens is 2. The van der Waals surface area contributed by atoms with Crippen molar-refractivity contribution in [3.63, 3.8) is 0 Å². The number of nitrogens with zero attached hydrogens (tertiary/aromatic N) is 2. The van der Waals surface area contributed by atoms with Crippen molar-refractivity contribution >= 4 is 35.2 Å². The molecule has 2 N–H and O–H groups in total. The standard InChI is InChI=1S/C15H14ClFN4O3S/c1-8(24-10-5-3-9(17)4-6-10)13(22)20-21-14(23)12-11(16)7-18-15(19-12)25-2/h3-8H,1-2H3,(H,20,22)(H,21,23). The molecule has 132 valence electrons. The molecule has 2 amide bonds. The fraction of sp³-hybridized carbons (Fsp3) is 0.200. The van der Waals surface area contributed by atoms with E-state index in [9.17, 15) is 14.0 Å². The largest absolute Gasteiger partial charge is 0.481 e. The quantitative estimate of drug-likeness (QED) is 0.466. The number of benzene rings is 1. The van der Waals surface area contributed by atoms with Crippen LogP contribution in [0.5, 0.6) is 5.75 Å². The van der Waals surface area contributed by atoms with Crippen molar-refractivity contribution in [1.29, 1.82) is 0 Å². The second-order valence-corrected chi connectivity index (χ2v) is 5.89. The van der Waals surface area contributed by atoms with Gasteiger partial charge in [-0.15, -0.1) is 0 Å². The Morgan fingerprint density at radius 1 is 1.28 bits per heavy atom. The molecule has 0 radical (unpaired) electrons. The fourth-order valence-electron chi connectivity index (χ4n) is 1.66. The maximum absolute atomic E-state index is 12.8. The van der Waals surface area contributed by atoms with Gasteiger partial charge in [-0.05, 0) is 37.4 Å². The Kier molecular flexibility index (Phi) is 6.54. The summed E-state index contributed by atoms with van der Waals surface area (Å²) in [5.41, 5.74) is 4.36. The molecule has 2 rings (SSSR count). The third-order valence-corrected chi connectivity index (χ3v) is 3.75. The Hall–Kier alpha value is -2.39. The lowest BCUT2D eigenvalue weighted by Gasteiger charge is -2.15. The lowest BCUT2D eigenvalue weighted by Crippen LogP contribution is -2.47. The molecule has 0 saturated carbocycles. The van der Waals surface area contributed by atoms with Crippen LogP contribution in [0.1, 0.15) is 17.4 Å². The van der Waals surface area contributed by atoms with Crippen LogP contribution in [0.2, 0.25) is 5.02 Å². The topological polar surface area (TPSA) is 93.2 Å². The third kappa shape index (κ3) is 5.30. The van der Waals surface area contributed by atoms with Crippen molar-refractivity contribution in [3.8, 4) is 5.75 Å². The van der Waals surface area contributed by atoms with Gasteiger partial charge in [0.2, 0.25) is 0 Å². The first kappa shape index (κ1) is 18.9. The van der Waals surface area contributed by atoms with E-state index in [4.69, 9.17) is 16.3 Å². The molecule has 0 aliphatic carbocycles. The smallest absolute Gasteiger partial charge is 0.289 e. The summed E-state index contributed by atoms with van der Waals surface area (Å²) in [6.07, 6.45) is 2.13. The molecule has 1 unspecified atom stereocenters. The van der Waals surface area contributed by atoms with Gasteiger partial charge in [0.15, 0.2) is 17.0 Å². The summed E-state index contributed by atoms with van der Waals surface area (Å²) in [5.74, 6) is -1.39. The van der Waals surface area contributed by atoms with Crippen molar-refractivity contribution in [3.05, 3.63) is 47.0 Å². The number of halogens is 2. The lowest BCUT2D eigenvalue weighted by molar-refractivity contribution is -0.128. The molecule has 0 aliphatic heterocycles. The number of carbonyl (C=O) groups excluding carboxylic acids is 2. The van der Waals surface area contributed by atoms with Crippen LogP contribution < -0.4 is 15.6 Å². The van der Waals surface area contributed by atoms with Crippen LogP contribution in [0.15, 0.2) is 35.6 Å². The second-order valence-electron chi connectivity index (χ2n) is 4.71. The zero-order valence-electron chi connectivity index (χ0n) is 13.2. The monoisotopic (exact) mass is 384 g/mol. The van der Waals surface area contributed by atoms with Crippen LogP contribution in [-0.4, -0.2) is 34.1 Å². The number of hydrazine groups is 1. The molecule has 0 spiro atoms. The number of hydrogen-bond donors (Lipinski definition) is 2. The highest BCUT2D eigenvalue weighted by Gasteiger charge is 2.18. The van der Waals surface area contributed by atoms with Crippen LogP contribution in [0, 0.1) is 5.82 Å². The molecule has 25 heavy (non-hydrogen) atoms. The van der Waals surface area contributed by atoms with Gasteiger partial charge >= 0.3 is 0 Å².